The molecule has 0 aliphatic heterocycles. The van der Waals surface area contributed by atoms with Crippen LogP contribution in [0.25, 0.3) is 11.5 Å². The molecule has 0 spiro atoms. The Morgan fingerprint density at radius 2 is 1.88 bits per heavy atom. The van der Waals surface area contributed by atoms with E-state index < -0.39 is 0 Å². The highest BCUT2D eigenvalue weighted by Crippen LogP contribution is 2.34. The average molecular weight is 340 g/mol. The summed E-state index contributed by atoms with van der Waals surface area (Å²) in [6, 6.07) is 5.95. The van der Waals surface area contributed by atoms with Gasteiger partial charge in [0.1, 0.15) is 5.69 Å². The Bertz CT molecular complexity index is 744. The van der Waals surface area contributed by atoms with Crippen LogP contribution in [0.2, 0.25) is 0 Å². The van der Waals surface area contributed by atoms with E-state index in [0.29, 0.717) is 35.3 Å². The second-order valence-corrected chi connectivity index (χ2v) is 6.97. The van der Waals surface area contributed by atoms with E-state index in [2.05, 4.69) is 37.5 Å². The molecule has 2 fully saturated rings. The van der Waals surface area contributed by atoms with Crippen LogP contribution in [-0.4, -0.2) is 39.6 Å². The summed E-state index contributed by atoms with van der Waals surface area (Å²) in [4.78, 5) is 18.1. The number of pyridine rings is 1. The van der Waals surface area contributed by atoms with Gasteiger partial charge in [0, 0.05) is 18.7 Å². The molecule has 0 bridgehead atoms. The highest BCUT2D eigenvalue weighted by Gasteiger charge is 2.28. The van der Waals surface area contributed by atoms with E-state index in [1.165, 1.54) is 25.7 Å². The molecule has 0 aromatic carbocycles. The minimum Gasteiger partial charge on any atom is -0.481 e. The monoisotopic (exact) mass is 340 g/mol. The van der Waals surface area contributed by atoms with Gasteiger partial charge in [-0.3, -0.25) is 0 Å². The number of nitrogens with one attached hydrogen (secondary N) is 2. The Morgan fingerprint density at radius 3 is 2.60 bits per heavy atom. The van der Waals surface area contributed by atoms with Gasteiger partial charge in [-0.2, -0.15) is 15.0 Å². The van der Waals surface area contributed by atoms with Gasteiger partial charge in [0.05, 0.1) is 7.11 Å². The lowest BCUT2D eigenvalue weighted by Crippen LogP contribution is -2.20. The van der Waals surface area contributed by atoms with Crippen LogP contribution in [0.5, 0.6) is 5.88 Å². The molecule has 1 unspecified atom stereocenters. The van der Waals surface area contributed by atoms with Gasteiger partial charge in [-0.15, -0.1) is 0 Å². The summed E-state index contributed by atoms with van der Waals surface area (Å²) in [6.45, 7) is 3.09. The summed E-state index contributed by atoms with van der Waals surface area (Å²) in [7, 11) is 1.60. The molecule has 2 heterocycles. The summed E-state index contributed by atoms with van der Waals surface area (Å²) < 4.78 is 5.21. The predicted octanol–water partition coefficient (Wildman–Crippen LogP) is 2.97. The fraction of sp³-hybridized carbons (Fsp3) is 0.556. The second-order valence-electron chi connectivity index (χ2n) is 6.97. The number of aromatic nitrogens is 4. The van der Waals surface area contributed by atoms with Crippen molar-refractivity contribution in [2.75, 3.05) is 24.3 Å². The van der Waals surface area contributed by atoms with Crippen molar-refractivity contribution in [3.63, 3.8) is 0 Å². The molecule has 7 heteroatoms. The maximum Gasteiger partial charge on any atom is 0.228 e. The molecule has 25 heavy (non-hydrogen) atoms. The molecule has 4 rings (SSSR count). The maximum absolute atomic E-state index is 5.21. The number of hydrogen-bond donors (Lipinski definition) is 2. The zero-order chi connectivity index (χ0) is 17.2. The minimum atomic E-state index is 0.366. The molecule has 0 saturated heterocycles. The third-order valence-corrected chi connectivity index (χ3v) is 4.73. The third kappa shape index (κ3) is 4.15. The Balaban J connectivity index is 1.61. The highest BCUT2D eigenvalue weighted by atomic mass is 16.5. The standard InChI is InChI=1S/C18H24N6O/c1-11(13-8-9-13)20-18-23-16(14-4-3-5-15(21-14)25-2)22-17(24-18)19-10-12-6-7-12/h3-5,11-13H,6-10H2,1-2H3,(H2,19,20,22,23,24). The largest absolute Gasteiger partial charge is 0.481 e. The zero-order valence-electron chi connectivity index (χ0n) is 14.7. The first-order chi connectivity index (χ1) is 12.2. The van der Waals surface area contributed by atoms with Crippen LogP contribution >= 0.6 is 0 Å². The van der Waals surface area contributed by atoms with Crippen LogP contribution in [-0.2, 0) is 0 Å². The summed E-state index contributed by atoms with van der Waals surface area (Å²) >= 11 is 0. The van der Waals surface area contributed by atoms with E-state index in [1.807, 2.05) is 18.2 Å². The molecule has 0 amide bonds. The number of rotatable bonds is 8. The maximum atomic E-state index is 5.21. The van der Waals surface area contributed by atoms with Crippen molar-refractivity contribution in [3.8, 4) is 17.4 Å². The van der Waals surface area contributed by atoms with Crippen LogP contribution in [0, 0.1) is 11.8 Å². The Kier molecular flexibility index (Phi) is 4.38. The van der Waals surface area contributed by atoms with Crippen molar-refractivity contribution >= 4 is 11.9 Å². The SMILES string of the molecule is COc1cccc(-c2nc(NCC3CC3)nc(NC(C)C3CC3)n2)n1. The molecule has 1 atom stereocenters. The smallest absolute Gasteiger partial charge is 0.228 e. The van der Waals surface area contributed by atoms with Gasteiger partial charge >= 0.3 is 0 Å². The predicted molar refractivity (Wildman–Crippen MR) is 96.6 cm³/mol. The zero-order valence-corrected chi connectivity index (χ0v) is 14.7. The van der Waals surface area contributed by atoms with Gasteiger partial charge in [0.15, 0.2) is 5.82 Å². The number of nitrogens with zero attached hydrogens (tertiary/aromatic N) is 4. The molecule has 2 aromatic heterocycles. The molecule has 2 N–H and O–H groups in total. The molecule has 0 radical (unpaired) electrons. The van der Waals surface area contributed by atoms with Crippen molar-refractivity contribution in [3.05, 3.63) is 18.2 Å². The molecule has 2 aliphatic carbocycles. The van der Waals surface area contributed by atoms with E-state index >= 15 is 0 Å². The van der Waals surface area contributed by atoms with Gasteiger partial charge in [-0.05, 0) is 50.5 Å². The van der Waals surface area contributed by atoms with Gasteiger partial charge in [0.2, 0.25) is 17.8 Å². The lowest BCUT2D eigenvalue weighted by atomic mass is 10.2. The van der Waals surface area contributed by atoms with Crippen molar-refractivity contribution in [1.29, 1.82) is 0 Å². The molecule has 2 aliphatic rings. The van der Waals surface area contributed by atoms with E-state index in [4.69, 9.17) is 4.74 Å². The Labute approximate surface area is 147 Å². The summed E-state index contributed by atoms with van der Waals surface area (Å²) in [5.41, 5.74) is 0.679. The summed E-state index contributed by atoms with van der Waals surface area (Å²) in [6.07, 6.45) is 5.12. The number of ether oxygens (including phenoxy) is 1. The average Bonchev–Trinajstić information content (AvgIpc) is 3.53. The topological polar surface area (TPSA) is 84.9 Å². The van der Waals surface area contributed by atoms with Gasteiger partial charge < -0.3 is 15.4 Å². The van der Waals surface area contributed by atoms with Gasteiger partial charge in [0.25, 0.3) is 0 Å². The molecular formula is C18H24N6O. The van der Waals surface area contributed by atoms with Crippen molar-refractivity contribution in [1.82, 2.24) is 19.9 Å². The van der Waals surface area contributed by atoms with Crippen LogP contribution < -0.4 is 15.4 Å². The second kappa shape index (κ2) is 6.82. The van der Waals surface area contributed by atoms with Crippen LogP contribution in [0.3, 0.4) is 0 Å². The quantitative estimate of drug-likeness (QED) is 0.764. The van der Waals surface area contributed by atoms with E-state index in [0.717, 1.165) is 18.4 Å². The van der Waals surface area contributed by atoms with E-state index in [1.54, 1.807) is 7.11 Å². The molecule has 7 nitrogen and oxygen atoms in total. The normalized spacial score (nSPS) is 17.8. The molecule has 2 saturated carbocycles. The lowest BCUT2D eigenvalue weighted by Gasteiger charge is -2.14. The first-order valence-corrected chi connectivity index (χ1v) is 8.99. The van der Waals surface area contributed by atoms with Crippen LogP contribution in [0.15, 0.2) is 18.2 Å². The molecule has 2 aromatic rings. The minimum absolute atomic E-state index is 0.366. The van der Waals surface area contributed by atoms with Gasteiger partial charge in [-0.1, -0.05) is 6.07 Å². The molecular weight excluding hydrogens is 316 g/mol. The van der Waals surface area contributed by atoms with Crippen LogP contribution in [0.4, 0.5) is 11.9 Å². The number of anilines is 2. The first-order valence-electron chi connectivity index (χ1n) is 8.99. The summed E-state index contributed by atoms with van der Waals surface area (Å²) in [5.74, 6) is 3.78. The Hall–Kier alpha value is -2.44. The van der Waals surface area contributed by atoms with Crippen molar-refractivity contribution in [2.45, 2.75) is 38.6 Å². The fourth-order valence-electron chi connectivity index (χ4n) is 2.76. The van der Waals surface area contributed by atoms with Crippen molar-refractivity contribution in [2.24, 2.45) is 11.8 Å². The summed E-state index contributed by atoms with van der Waals surface area (Å²) in [5, 5.41) is 6.77. The molecule has 132 valence electrons. The van der Waals surface area contributed by atoms with E-state index in [9.17, 15) is 0 Å². The van der Waals surface area contributed by atoms with Crippen LogP contribution in [0.1, 0.15) is 32.6 Å². The third-order valence-electron chi connectivity index (χ3n) is 4.73. The first kappa shape index (κ1) is 16.1. The van der Waals surface area contributed by atoms with Crippen molar-refractivity contribution < 1.29 is 4.74 Å². The Morgan fingerprint density at radius 1 is 1.08 bits per heavy atom. The highest BCUT2D eigenvalue weighted by molar-refractivity contribution is 5.54. The van der Waals surface area contributed by atoms with E-state index in [-0.39, 0.29) is 0 Å². The number of methoxy groups -OCH3 is 1. The lowest BCUT2D eigenvalue weighted by molar-refractivity contribution is 0.398. The number of hydrogen-bond acceptors (Lipinski definition) is 7. The fourth-order valence-corrected chi connectivity index (χ4v) is 2.76. The van der Waals surface area contributed by atoms with Gasteiger partial charge in [-0.25, -0.2) is 4.98 Å².